The molecule has 0 saturated carbocycles. The number of sulfonamides is 1. The largest absolute Gasteiger partial charge is 0.452 e. The van der Waals surface area contributed by atoms with Gasteiger partial charge in [0.2, 0.25) is 10.0 Å². The summed E-state index contributed by atoms with van der Waals surface area (Å²) >= 11 is 0. The number of halogens is 1. The fourth-order valence-corrected chi connectivity index (χ4v) is 4.30. The van der Waals surface area contributed by atoms with Crippen LogP contribution in [0.25, 0.3) is 0 Å². The van der Waals surface area contributed by atoms with E-state index in [-0.39, 0.29) is 24.7 Å². The first-order valence-corrected chi connectivity index (χ1v) is 10.9. The van der Waals surface area contributed by atoms with Crippen LogP contribution in [0.3, 0.4) is 0 Å². The number of nitrogens with zero attached hydrogens (tertiary/aromatic N) is 3. The molecule has 0 unspecified atom stereocenters. The number of hydrogen-bond donors (Lipinski definition) is 1. The van der Waals surface area contributed by atoms with Gasteiger partial charge in [-0.2, -0.15) is 9.40 Å². The highest BCUT2D eigenvalue weighted by Gasteiger charge is 2.27. The number of anilines is 1. The monoisotopic (exact) mass is 440 g/mol. The molecule has 1 N–H and O–H groups in total. The van der Waals surface area contributed by atoms with Crippen molar-refractivity contribution in [3.05, 3.63) is 41.8 Å². The molecule has 0 bridgehead atoms. The van der Waals surface area contributed by atoms with E-state index in [0.717, 1.165) is 22.5 Å². The summed E-state index contributed by atoms with van der Waals surface area (Å²) in [5.74, 6) is -2.07. The predicted octanol–water partition coefficient (Wildman–Crippen LogP) is 2.43. The van der Waals surface area contributed by atoms with Gasteiger partial charge in [-0.25, -0.2) is 22.3 Å². The van der Waals surface area contributed by atoms with Gasteiger partial charge in [0.15, 0.2) is 6.61 Å². The molecular weight excluding hydrogens is 415 g/mol. The minimum Gasteiger partial charge on any atom is -0.452 e. The van der Waals surface area contributed by atoms with Gasteiger partial charge in [-0.1, -0.05) is 13.8 Å². The van der Waals surface area contributed by atoms with E-state index in [4.69, 9.17) is 4.74 Å². The van der Waals surface area contributed by atoms with Crippen LogP contribution in [-0.2, 0) is 19.6 Å². The van der Waals surface area contributed by atoms with Crippen LogP contribution < -0.4 is 5.32 Å². The summed E-state index contributed by atoms with van der Waals surface area (Å²) in [7, 11) is -4.10. The number of benzene rings is 1. The van der Waals surface area contributed by atoms with Crippen LogP contribution in [0, 0.1) is 5.82 Å². The lowest BCUT2D eigenvalue weighted by molar-refractivity contribution is -0.119. The van der Waals surface area contributed by atoms with Crippen molar-refractivity contribution in [1.82, 2.24) is 14.1 Å². The maximum absolute atomic E-state index is 14.2. The molecular formula is C19H25FN4O5S. The average Bonchev–Trinajstić information content (AvgIpc) is 3.15. The van der Waals surface area contributed by atoms with Crippen molar-refractivity contribution in [2.24, 2.45) is 0 Å². The molecule has 0 aliphatic rings. The van der Waals surface area contributed by atoms with Gasteiger partial charge < -0.3 is 10.1 Å². The number of carbonyl (C=O) groups excluding carboxylic acids is 2. The fraction of sp³-hybridized carbons (Fsp3) is 0.421. The molecule has 2 aromatic rings. The molecule has 0 fully saturated rings. The van der Waals surface area contributed by atoms with E-state index in [1.54, 1.807) is 24.6 Å². The Labute approximate surface area is 174 Å². The Morgan fingerprint density at radius 3 is 2.50 bits per heavy atom. The molecule has 1 amide bonds. The molecule has 0 aliphatic heterocycles. The van der Waals surface area contributed by atoms with Crippen molar-refractivity contribution >= 4 is 27.7 Å². The third kappa shape index (κ3) is 5.22. The zero-order chi connectivity index (χ0) is 22.5. The molecule has 0 aliphatic carbocycles. The van der Waals surface area contributed by atoms with Crippen LogP contribution in [-0.4, -0.2) is 54.1 Å². The van der Waals surface area contributed by atoms with Gasteiger partial charge in [-0.3, -0.25) is 4.79 Å². The maximum Gasteiger partial charge on any atom is 0.338 e. The fourth-order valence-electron chi connectivity index (χ4n) is 2.75. The van der Waals surface area contributed by atoms with E-state index < -0.39 is 39.2 Å². The van der Waals surface area contributed by atoms with Gasteiger partial charge >= 0.3 is 5.97 Å². The Morgan fingerprint density at radius 1 is 1.23 bits per heavy atom. The molecule has 164 valence electrons. The molecule has 1 aromatic heterocycles. The van der Waals surface area contributed by atoms with E-state index in [9.17, 15) is 22.4 Å². The summed E-state index contributed by atoms with van der Waals surface area (Å²) in [5, 5.41) is 6.65. The number of esters is 1. The van der Waals surface area contributed by atoms with E-state index in [0.29, 0.717) is 5.82 Å². The number of rotatable bonds is 9. The quantitative estimate of drug-likeness (QED) is 0.600. The SMILES string of the molecule is CCN(CC)S(=O)(=O)c1cc(C(=O)OCC(=O)Nc2ccnn2C(C)C)ccc1F. The smallest absolute Gasteiger partial charge is 0.338 e. The summed E-state index contributed by atoms with van der Waals surface area (Å²) in [5.41, 5.74) is -0.179. The molecule has 1 aromatic carbocycles. The summed E-state index contributed by atoms with van der Waals surface area (Å²) in [6.45, 7) is 6.74. The second kappa shape index (κ2) is 9.81. The van der Waals surface area contributed by atoms with E-state index in [2.05, 4.69) is 10.4 Å². The highest BCUT2D eigenvalue weighted by Crippen LogP contribution is 2.21. The van der Waals surface area contributed by atoms with Crippen molar-refractivity contribution in [2.45, 2.75) is 38.6 Å². The van der Waals surface area contributed by atoms with Crippen LogP contribution in [0.15, 0.2) is 35.4 Å². The lowest BCUT2D eigenvalue weighted by atomic mass is 10.2. The lowest BCUT2D eigenvalue weighted by Crippen LogP contribution is -2.31. The van der Waals surface area contributed by atoms with Crippen molar-refractivity contribution in [3.63, 3.8) is 0 Å². The van der Waals surface area contributed by atoms with Crippen LogP contribution in [0.5, 0.6) is 0 Å². The summed E-state index contributed by atoms with van der Waals surface area (Å²) in [4.78, 5) is 23.7. The number of amides is 1. The minimum atomic E-state index is -4.10. The first kappa shape index (κ1) is 23.5. The summed E-state index contributed by atoms with van der Waals surface area (Å²) in [6.07, 6.45) is 1.53. The topological polar surface area (TPSA) is 111 Å². The van der Waals surface area contributed by atoms with Gasteiger partial charge in [0.1, 0.15) is 16.5 Å². The first-order chi connectivity index (χ1) is 14.1. The maximum atomic E-state index is 14.2. The van der Waals surface area contributed by atoms with Gasteiger partial charge in [-0.05, 0) is 32.0 Å². The summed E-state index contributed by atoms with van der Waals surface area (Å²) < 4.78 is 46.9. The molecule has 30 heavy (non-hydrogen) atoms. The highest BCUT2D eigenvalue weighted by atomic mass is 32.2. The Bertz CT molecular complexity index is 1020. The Hall–Kier alpha value is -2.79. The summed E-state index contributed by atoms with van der Waals surface area (Å²) in [6, 6.07) is 4.52. The predicted molar refractivity (Wildman–Crippen MR) is 108 cm³/mol. The standard InChI is InChI=1S/C19H25FN4O5S/c1-5-23(6-2)30(27,28)16-11-14(7-8-15(16)20)19(26)29-12-18(25)22-17-9-10-21-24(17)13(3)4/h7-11,13H,5-6,12H2,1-4H3,(H,22,25). The van der Waals surface area contributed by atoms with Crippen molar-refractivity contribution in [3.8, 4) is 0 Å². The second-order valence-corrected chi connectivity index (χ2v) is 8.52. The molecule has 0 spiro atoms. The Morgan fingerprint density at radius 2 is 1.90 bits per heavy atom. The molecule has 11 heteroatoms. The average molecular weight is 440 g/mol. The lowest BCUT2D eigenvalue weighted by Gasteiger charge is -2.19. The van der Waals surface area contributed by atoms with E-state index in [1.165, 1.54) is 6.20 Å². The zero-order valence-electron chi connectivity index (χ0n) is 17.3. The second-order valence-electron chi connectivity index (χ2n) is 6.61. The number of aromatic nitrogens is 2. The van der Waals surface area contributed by atoms with Gasteiger partial charge in [0.05, 0.1) is 11.8 Å². The van der Waals surface area contributed by atoms with Crippen LogP contribution >= 0.6 is 0 Å². The molecule has 1 heterocycles. The first-order valence-electron chi connectivity index (χ1n) is 9.42. The Kier molecular flexibility index (Phi) is 7.68. The number of ether oxygens (including phenoxy) is 1. The Balaban J connectivity index is 2.11. The normalized spacial score (nSPS) is 11.7. The van der Waals surface area contributed by atoms with Crippen LogP contribution in [0.2, 0.25) is 0 Å². The minimum absolute atomic E-state index is 0.0169. The number of hydrogen-bond acceptors (Lipinski definition) is 6. The van der Waals surface area contributed by atoms with Crippen molar-refractivity contribution < 1.29 is 27.1 Å². The molecule has 0 saturated heterocycles. The molecule has 0 atom stereocenters. The van der Waals surface area contributed by atoms with E-state index in [1.807, 2.05) is 13.8 Å². The molecule has 2 rings (SSSR count). The zero-order valence-corrected chi connectivity index (χ0v) is 18.1. The number of nitrogens with one attached hydrogen (secondary N) is 1. The van der Waals surface area contributed by atoms with Crippen molar-refractivity contribution in [2.75, 3.05) is 25.0 Å². The highest BCUT2D eigenvalue weighted by molar-refractivity contribution is 7.89. The third-order valence-corrected chi connectivity index (χ3v) is 6.32. The third-order valence-electron chi connectivity index (χ3n) is 4.25. The number of carbonyl (C=O) groups is 2. The van der Waals surface area contributed by atoms with E-state index >= 15 is 0 Å². The van der Waals surface area contributed by atoms with Gasteiger partial charge in [0, 0.05) is 25.2 Å². The van der Waals surface area contributed by atoms with Gasteiger partial charge in [-0.15, -0.1) is 0 Å². The molecule has 0 radical (unpaired) electrons. The van der Waals surface area contributed by atoms with Gasteiger partial charge in [0.25, 0.3) is 5.91 Å². The van der Waals surface area contributed by atoms with Crippen LogP contribution in [0.1, 0.15) is 44.1 Å². The molecule has 9 nitrogen and oxygen atoms in total. The van der Waals surface area contributed by atoms with Crippen molar-refractivity contribution in [1.29, 1.82) is 0 Å². The van der Waals surface area contributed by atoms with Crippen LogP contribution in [0.4, 0.5) is 10.2 Å².